The Balaban J connectivity index is 2.06. The van der Waals surface area contributed by atoms with Crippen molar-refractivity contribution in [2.24, 2.45) is 5.73 Å². The summed E-state index contributed by atoms with van der Waals surface area (Å²) in [5, 5.41) is 7.42. The molecule has 0 atom stereocenters. The van der Waals surface area contributed by atoms with Crippen LogP contribution in [-0.4, -0.2) is 12.6 Å². The minimum atomic E-state index is -1.50. The maximum Gasteiger partial charge on any atom is 0.279 e. The van der Waals surface area contributed by atoms with Gasteiger partial charge in [-0.3, -0.25) is 5.41 Å². The second kappa shape index (κ2) is 7.53. The van der Waals surface area contributed by atoms with Crippen molar-refractivity contribution < 1.29 is 13.9 Å². The van der Waals surface area contributed by atoms with Gasteiger partial charge in [0.15, 0.2) is 0 Å². The van der Waals surface area contributed by atoms with Gasteiger partial charge in [0, 0.05) is 11.4 Å². The van der Waals surface area contributed by atoms with Crippen molar-refractivity contribution in [3.63, 3.8) is 0 Å². The third-order valence-electron chi connectivity index (χ3n) is 3.37. The second-order valence-corrected chi connectivity index (χ2v) is 6.29. The molecular weight excluding hydrogens is 331 g/mol. The minimum Gasteiger partial charge on any atom is -0.465 e. The molecule has 24 heavy (non-hydrogen) atoms. The quantitative estimate of drug-likeness (QED) is 0.581. The van der Waals surface area contributed by atoms with E-state index < -0.39 is 5.67 Å². The Kier molecular flexibility index (Phi) is 5.67. The number of ether oxygens (including phenoxy) is 2. The fourth-order valence-corrected chi connectivity index (χ4v) is 2.33. The van der Waals surface area contributed by atoms with Gasteiger partial charge in [0.1, 0.15) is 17.2 Å². The summed E-state index contributed by atoms with van der Waals surface area (Å²) >= 11 is 6.04. The van der Waals surface area contributed by atoms with Crippen LogP contribution in [0.15, 0.2) is 42.5 Å². The normalized spacial score (nSPS) is 11.2. The van der Waals surface area contributed by atoms with Gasteiger partial charge in [0.05, 0.1) is 6.61 Å². The number of alkyl halides is 1. The lowest BCUT2D eigenvalue weighted by atomic mass is 10.0. The van der Waals surface area contributed by atoms with E-state index >= 15 is 0 Å². The lowest BCUT2D eigenvalue weighted by Gasteiger charge is -2.16. The molecule has 128 valence electrons. The molecule has 0 saturated heterocycles. The molecule has 0 saturated carbocycles. The monoisotopic (exact) mass is 350 g/mol. The summed E-state index contributed by atoms with van der Waals surface area (Å²) in [6.45, 7) is 3.29. The van der Waals surface area contributed by atoms with Crippen LogP contribution in [0.2, 0.25) is 5.02 Å². The van der Waals surface area contributed by atoms with Gasteiger partial charge in [-0.2, -0.15) is 0 Å². The Morgan fingerprint density at radius 1 is 1.17 bits per heavy atom. The van der Waals surface area contributed by atoms with E-state index in [0.717, 1.165) is 5.56 Å². The van der Waals surface area contributed by atoms with Gasteiger partial charge < -0.3 is 15.2 Å². The van der Waals surface area contributed by atoms with Crippen LogP contribution in [-0.2, 0) is 16.8 Å². The third kappa shape index (κ3) is 5.42. The van der Waals surface area contributed by atoms with Gasteiger partial charge in [0.2, 0.25) is 0 Å². The van der Waals surface area contributed by atoms with E-state index in [2.05, 4.69) is 0 Å². The Morgan fingerprint density at radius 3 is 2.42 bits per heavy atom. The number of nitrogens with one attached hydrogen (secondary N) is 1. The van der Waals surface area contributed by atoms with Crippen molar-refractivity contribution in [3.05, 3.63) is 58.6 Å². The summed E-state index contributed by atoms with van der Waals surface area (Å²) in [6, 6.07) is 12.0. The number of hydrogen-bond donors (Lipinski definition) is 2. The van der Waals surface area contributed by atoms with Gasteiger partial charge in [0.25, 0.3) is 6.02 Å². The maximum atomic E-state index is 14.1. The molecule has 0 aliphatic carbocycles. The zero-order valence-electron chi connectivity index (χ0n) is 13.6. The predicted octanol–water partition coefficient (Wildman–Crippen LogP) is 4.79. The molecule has 2 rings (SSSR count). The summed E-state index contributed by atoms with van der Waals surface area (Å²) in [5.41, 5.74) is 5.12. The zero-order chi connectivity index (χ0) is 17.7. The highest BCUT2D eigenvalue weighted by atomic mass is 35.5. The molecule has 0 radical (unpaired) electrons. The summed E-state index contributed by atoms with van der Waals surface area (Å²) in [4.78, 5) is 0. The molecular formula is C18H20ClFN2O2. The zero-order valence-corrected chi connectivity index (χ0v) is 14.4. The van der Waals surface area contributed by atoms with Crippen molar-refractivity contribution in [2.75, 3.05) is 6.61 Å². The van der Waals surface area contributed by atoms with Crippen LogP contribution in [0.3, 0.4) is 0 Å². The third-order valence-corrected chi connectivity index (χ3v) is 3.58. The fraction of sp³-hybridized carbons (Fsp3) is 0.278. The average Bonchev–Trinajstić information content (AvgIpc) is 2.47. The van der Waals surface area contributed by atoms with Gasteiger partial charge in [-0.25, -0.2) is 4.39 Å². The average molecular weight is 351 g/mol. The standard InChI is InChI=1S/C18H20ClFN2O2/c1-18(2,20)13-9-14(19)11-16(10-13)24-15-5-3-12(4-6-15)7-8-23-17(21)22/h3-6,9-11H,7-8H2,1-2H3,(H3,21,22). The van der Waals surface area contributed by atoms with Crippen molar-refractivity contribution >= 4 is 17.6 Å². The fourth-order valence-electron chi connectivity index (χ4n) is 2.10. The highest BCUT2D eigenvalue weighted by Crippen LogP contribution is 2.33. The summed E-state index contributed by atoms with van der Waals surface area (Å²) in [5.74, 6) is 1.10. The number of amidine groups is 1. The molecule has 0 aliphatic heterocycles. The van der Waals surface area contributed by atoms with Crippen LogP contribution in [0.25, 0.3) is 0 Å². The Labute approximate surface area is 145 Å². The summed E-state index contributed by atoms with van der Waals surface area (Å²) in [7, 11) is 0. The number of halogens is 2. The van der Waals surface area contributed by atoms with Crippen molar-refractivity contribution in [3.8, 4) is 11.5 Å². The highest BCUT2D eigenvalue weighted by molar-refractivity contribution is 6.30. The van der Waals surface area contributed by atoms with Crippen LogP contribution in [0.1, 0.15) is 25.0 Å². The molecule has 3 N–H and O–H groups in total. The SMILES string of the molecule is CC(C)(F)c1cc(Cl)cc(Oc2ccc(CCOC(=N)N)cc2)c1. The first-order valence-corrected chi connectivity index (χ1v) is 7.85. The van der Waals surface area contributed by atoms with Crippen molar-refractivity contribution in [1.82, 2.24) is 0 Å². The van der Waals surface area contributed by atoms with E-state index in [0.29, 0.717) is 35.1 Å². The smallest absolute Gasteiger partial charge is 0.279 e. The van der Waals surface area contributed by atoms with E-state index in [1.165, 1.54) is 13.8 Å². The number of benzene rings is 2. The lowest BCUT2D eigenvalue weighted by Crippen LogP contribution is -2.15. The molecule has 0 aromatic heterocycles. The van der Waals surface area contributed by atoms with Crippen molar-refractivity contribution in [2.45, 2.75) is 25.9 Å². The summed E-state index contributed by atoms with van der Waals surface area (Å²) in [6.07, 6.45) is 0.636. The number of rotatable bonds is 6. The van der Waals surface area contributed by atoms with Gasteiger partial charge >= 0.3 is 0 Å². The first-order chi connectivity index (χ1) is 11.2. The largest absolute Gasteiger partial charge is 0.465 e. The Hall–Kier alpha value is -2.27. The minimum absolute atomic E-state index is 0.289. The highest BCUT2D eigenvalue weighted by Gasteiger charge is 2.20. The second-order valence-electron chi connectivity index (χ2n) is 5.86. The van der Waals surface area contributed by atoms with Crippen LogP contribution in [0, 0.1) is 5.41 Å². The molecule has 0 aliphatic rings. The van der Waals surface area contributed by atoms with Crippen molar-refractivity contribution in [1.29, 1.82) is 5.41 Å². The molecule has 0 amide bonds. The lowest BCUT2D eigenvalue weighted by molar-refractivity contribution is 0.221. The first-order valence-electron chi connectivity index (χ1n) is 7.47. The Bertz CT molecular complexity index is 712. The van der Waals surface area contributed by atoms with E-state index in [4.69, 9.17) is 32.2 Å². The van der Waals surface area contributed by atoms with E-state index in [1.54, 1.807) is 18.2 Å². The maximum absolute atomic E-state index is 14.1. The molecule has 0 bridgehead atoms. The van der Waals surface area contributed by atoms with E-state index in [1.807, 2.05) is 24.3 Å². The molecule has 0 unspecified atom stereocenters. The molecule has 0 spiro atoms. The molecule has 4 nitrogen and oxygen atoms in total. The number of nitrogens with two attached hydrogens (primary N) is 1. The molecule has 2 aromatic rings. The van der Waals surface area contributed by atoms with Gasteiger partial charge in [-0.1, -0.05) is 23.7 Å². The van der Waals surface area contributed by atoms with Crippen LogP contribution in [0.4, 0.5) is 4.39 Å². The van der Waals surface area contributed by atoms with Crippen LogP contribution >= 0.6 is 11.6 Å². The molecule has 0 heterocycles. The Morgan fingerprint density at radius 2 is 1.83 bits per heavy atom. The molecule has 2 aromatic carbocycles. The summed E-state index contributed by atoms with van der Waals surface area (Å²) < 4.78 is 24.8. The predicted molar refractivity (Wildman–Crippen MR) is 93.7 cm³/mol. The molecule has 6 heteroatoms. The van der Waals surface area contributed by atoms with Crippen LogP contribution < -0.4 is 10.5 Å². The number of hydrogen-bond acceptors (Lipinski definition) is 3. The van der Waals surface area contributed by atoms with E-state index in [-0.39, 0.29) is 6.02 Å². The van der Waals surface area contributed by atoms with Crippen LogP contribution in [0.5, 0.6) is 11.5 Å². The topological polar surface area (TPSA) is 68.3 Å². The first kappa shape index (κ1) is 18.1. The van der Waals surface area contributed by atoms with E-state index in [9.17, 15) is 4.39 Å². The van der Waals surface area contributed by atoms with Gasteiger partial charge in [-0.05, 0) is 55.3 Å². The molecule has 0 fully saturated rings. The van der Waals surface area contributed by atoms with Gasteiger partial charge in [-0.15, -0.1) is 0 Å².